The van der Waals surface area contributed by atoms with Crippen LogP contribution in [0.4, 0.5) is 0 Å². The molecular formula is C14H22O4. The molecule has 4 heteroatoms. The summed E-state index contributed by atoms with van der Waals surface area (Å²) >= 11 is 0. The van der Waals surface area contributed by atoms with E-state index in [0.29, 0.717) is 6.42 Å². The van der Waals surface area contributed by atoms with Crippen LogP contribution in [0.1, 0.15) is 47.0 Å². The molecule has 18 heavy (non-hydrogen) atoms. The van der Waals surface area contributed by atoms with Crippen molar-refractivity contribution in [2.24, 2.45) is 17.3 Å². The first-order valence-corrected chi connectivity index (χ1v) is 6.70. The summed E-state index contributed by atoms with van der Waals surface area (Å²) < 4.78 is 10.8. The lowest BCUT2D eigenvalue weighted by Crippen LogP contribution is -2.37. The zero-order valence-electron chi connectivity index (χ0n) is 11.6. The lowest BCUT2D eigenvalue weighted by molar-refractivity contribution is -0.167. The van der Waals surface area contributed by atoms with Gasteiger partial charge in [-0.05, 0) is 18.3 Å². The van der Waals surface area contributed by atoms with E-state index in [1.807, 2.05) is 27.7 Å². The minimum atomic E-state index is -0.245. The highest BCUT2D eigenvalue weighted by Crippen LogP contribution is 2.37. The highest BCUT2D eigenvalue weighted by Gasteiger charge is 2.45. The van der Waals surface area contributed by atoms with Gasteiger partial charge >= 0.3 is 11.9 Å². The summed E-state index contributed by atoms with van der Waals surface area (Å²) in [6.07, 6.45) is 1.76. The maximum absolute atomic E-state index is 12.1. The molecule has 0 aromatic rings. The van der Waals surface area contributed by atoms with Crippen molar-refractivity contribution in [3.63, 3.8) is 0 Å². The van der Waals surface area contributed by atoms with E-state index < -0.39 is 0 Å². The minimum absolute atomic E-state index is 0.0324. The largest absolute Gasteiger partial charge is 0.458 e. The van der Waals surface area contributed by atoms with E-state index in [1.165, 1.54) is 0 Å². The predicted molar refractivity (Wildman–Crippen MR) is 65.7 cm³/mol. The normalized spacial score (nSPS) is 32.9. The summed E-state index contributed by atoms with van der Waals surface area (Å²) in [5.74, 6) is -0.436. The van der Waals surface area contributed by atoms with E-state index in [1.54, 1.807) is 0 Å². The molecule has 4 atom stereocenters. The summed E-state index contributed by atoms with van der Waals surface area (Å²) in [6.45, 7) is 7.94. The topological polar surface area (TPSA) is 52.6 Å². The number of hydrogen-bond acceptors (Lipinski definition) is 4. The molecule has 0 radical (unpaired) electrons. The highest BCUT2D eigenvalue weighted by molar-refractivity contribution is 5.76. The maximum atomic E-state index is 12.1. The van der Waals surface area contributed by atoms with Gasteiger partial charge in [0.2, 0.25) is 0 Å². The molecule has 0 amide bonds. The fraction of sp³-hybridized carbons (Fsp3) is 0.857. The van der Waals surface area contributed by atoms with Gasteiger partial charge in [0.15, 0.2) is 0 Å². The van der Waals surface area contributed by atoms with Crippen molar-refractivity contribution >= 4 is 11.9 Å². The quantitative estimate of drug-likeness (QED) is 0.710. The van der Waals surface area contributed by atoms with Crippen LogP contribution in [-0.2, 0) is 19.1 Å². The number of carbonyl (C=O) groups excluding carboxylic acids is 2. The molecule has 1 saturated heterocycles. The summed E-state index contributed by atoms with van der Waals surface area (Å²) in [5.41, 5.74) is -0.110. The Kier molecular flexibility index (Phi) is 3.39. The van der Waals surface area contributed by atoms with Crippen LogP contribution in [0.2, 0.25) is 0 Å². The van der Waals surface area contributed by atoms with Gasteiger partial charge in [-0.25, -0.2) is 0 Å². The highest BCUT2D eigenvalue weighted by atomic mass is 16.6. The van der Waals surface area contributed by atoms with Crippen LogP contribution < -0.4 is 0 Å². The third-order valence-electron chi connectivity index (χ3n) is 4.25. The van der Waals surface area contributed by atoms with Crippen molar-refractivity contribution in [3.05, 3.63) is 0 Å². The maximum Gasteiger partial charge on any atom is 0.309 e. The number of hydrogen-bond donors (Lipinski definition) is 0. The summed E-state index contributed by atoms with van der Waals surface area (Å²) in [7, 11) is 0. The van der Waals surface area contributed by atoms with Crippen LogP contribution >= 0.6 is 0 Å². The molecule has 2 rings (SSSR count). The van der Waals surface area contributed by atoms with Crippen LogP contribution in [0, 0.1) is 17.3 Å². The van der Waals surface area contributed by atoms with Gasteiger partial charge in [-0.15, -0.1) is 0 Å². The first-order valence-electron chi connectivity index (χ1n) is 6.70. The Bertz CT molecular complexity index is 355. The zero-order valence-corrected chi connectivity index (χ0v) is 11.6. The summed E-state index contributed by atoms with van der Waals surface area (Å²) in [5, 5.41) is 0. The molecular weight excluding hydrogens is 232 g/mol. The fourth-order valence-corrected chi connectivity index (χ4v) is 2.42. The number of ether oxygens (including phenoxy) is 2. The molecule has 2 fully saturated rings. The molecule has 4 nitrogen and oxygen atoms in total. The van der Waals surface area contributed by atoms with Crippen LogP contribution in [0.5, 0.6) is 0 Å². The molecule has 1 aliphatic heterocycles. The second-order valence-electron chi connectivity index (χ2n) is 6.55. The number of rotatable bonds is 2. The molecule has 2 aliphatic rings. The van der Waals surface area contributed by atoms with Gasteiger partial charge < -0.3 is 9.47 Å². The van der Waals surface area contributed by atoms with Gasteiger partial charge in [-0.2, -0.15) is 0 Å². The van der Waals surface area contributed by atoms with Crippen molar-refractivity contribution in [1.29, 1.82) is 0 Å². The lowest BCUT2D eigenvalue weighted by Gasteiger charge is -2.30. The van der Waals surface area contributed by atoms with Gasteiger partial charge in [0, 0.05) is 6.42 Å². The Morgan fingerprint density at radius 3 is 2.67 bits per heavy atom. The van der Waals surface area contributed by atoms with Crippen molar-refractivity contribution in [3.8, 4) is 0 Å². The monoisotopic (exact) mass is 254 g/mol. The minimum Gasteiger partial charge on any atom is -0.458 e. The van der Waals surface area contributed by atoms with E-state index in [2.05, 4.69) is 0 Å². The molecule has 0 aromatic heterocycles. The standard InChI is InChI=1S/C14H22O4/c1-8(14(2,3)4)12(15)17-10-6-5-9-7-11(10)18-13(9)16/h8-11H,5-7H2,1-4H3. The van der Waals surface area contributed by atoms with Crippen LogP contribution in [0.15, 0.2) is 0 Å². The van der Waals surface area contributed by atoms with Crippen molar-refractivity contribution in [1.82, 2.24) is 0 Å². The first-order chi connectivity index (χ1) is 8.29. The van der Waals surface area contributed by atoms with E-state index in [9.17, 15) is 9.59 Å². The van der Waals surface area contributed by atoms with Crippen LogP contribution in [-0.4, -0.2) is 24.1 Å². The molecule has 102 valence electrons. The molecule has 4 unspecified atom stereocenters. The second kappa shape index (κ2) is 4.56. The second-order valence-corrected chi connectivity index (χ2v) is 6.55. The Hall–Kier alpha value is -1.06. The smallest absolute Gasteiger partial charge is 0.309 e. The lowest BCUT2D eigenvalue weighted by atomic mass is 9.82. The summed E-state index contributed by atoms with van der Waals surface area (Å²) in [4.78, 5) is 23.5. The van der Waals surface area contributed by atoms with E-state index >= 15 is 0 Å². The summed E-state index contributed by atoms with van der Waals surface area (Å²) in [6, 6.07) is 0. The van der Waals surface area contributed by atoms with E-state index in [-0.39, 0.29) is 41.4 Å². The number of esters is 2. The van der Waals surface area contributed by atoms with Crippen LogP contribution in [0.3, 0.4) is 0 Å². The Morgan fingerprint density at radius 2 is 2.06 bits per heavy atom. The Labute approximate surface area is 108 Å². The Balaban J connectivity index is 1.94. The molecule has 0 spiro atoms. The number of fused-ring (bicyclic) bond motifs is 2. The predicted octanol–water partition coefficient (Wildman–Crippen LogP) is 2.31. The van der Waals surface area contributed by atoms with Crippen molar-refractivity contribution in [2.45, 2.75) is 59.2 Å². The van der Waals surface area contributed by atoms with Gasteiger partial charge in [-0.1, -0.05) is 27.7 Å². The van der Waals surface area contributed by atoms with E-state index in [0.717, 1.165) is 12.8 Å². The molecule has 1 heterocycles. The van der Waals surface area contributed by atoms with Gasteiger partial charge in [0.1, 0.15) is 12.2 Å². The molecule has 1 saturated carbocycles. The zero-order chi connectivity index (χ0) is 13.5. The van der Waals surface area contributed by atoms with Gasteiger partial charge in [-0.3, -0.25) is 9.59 Å². The molecule has 1 aliphatic carbocycles. The number of carbonyl (C=O) groups is 2. The Morgan fingerprint density at radius 1 is 1.39 bits per heavy atom. The third kappa shape index (κ3) is 2.52. The van der Waals surface area contributed by atoms with E-state index in [4.69, 9.17) is 9.47 Å². The fourth-order valence-electron chi connectivity index (χ4n) is 2.42. The van der Waals surface area contributed by atoms with Crippen molar-refractivity contribution < 1.29 is 19.1 Å². The first kappa shape index (κ1) is 13.4. The molecule has 2 bridgehead atoms. The van der Waals surface area contributed by atoms with Gasteiger partial charge in [0.05, 0.1) is 11.8 Å². The van der Waals surface area contributed by atoms with Crippen LogP contribution in [0.25, 0.3) is 0 Å². The third-order valence-corrected chi connectivity index (χ3v) is 4.25. The molecule has 0 aromatic carbocycles. The average molecular weight is 254 g/mol. The SMILES string of the molecule is CC(C(=O)OC1CCC2CC1OC2=O)C(C)(C)C. The average Bonchev–Trinajstić information content (AvgIpc) is 2.57. The van der Waals surface area contributed by atoms with Gasteiger partial charge in [0.25, 0.3) is 0 Å². The van der Waals surface area contributed by atoms with Crippen molar-refractivity contribution in [2.75, 3.05) is 0 Å². The molecule has 0 N–H and O–H groups in total.